The van der Waals surface area contributed by atoms with E-state index in [1.165, 1.54) is 21.9 Å². The number of benzene rings is 4. The molecule has 1 saturated heterocycles. The Morgan fingerprint density at radius 2 is 1.64 bits per heavy atom. The van der Waals surface area contributed by atoms with Gasteiger partial charge in [-0.05, 0) is 52.4 Å². The summed E-state index contributed by atoms with van der Waals surface area (Å²) in [5, 5.41) is 15.3. The minimum absolute atomic E-state index is 0.168. The smallest absolute Gasteiger partial charge is 0.409 e. The number of ether oxygens (including phenoxy) is 1. The van der Waals surface area contributed by atoms with Crippen molar-refractivity contribution in [2.45, 2.75) is 25.3 Å². The van der Waals surface area contributed by atoms with E-state index in [0.29, 0.717) is 19.5 Å². The van der Waals surface area contributed by atoms with Crippen molar-refractivity contribution in [3.8, 4) is 0 Å². The fourth-order valence-electron chi connectivity index (χ4n) is 5.53. The molecule has 1 amide bonds. The Hall–Kier alpha value is -4.16. The summed E-state index contributed by atoms with van der Waals surface area (Å²) in [5.41, 5.74) is 3.68. The molecule has 0 spiro atoms. The molecule has 6 nitrogen and oxygen atoms in total. The molecular formula is C33H34N2O4. The van der Waals surface area contributed by atoms with E-state index >= 15 is 0 Å². The molecule has 0 saturated carbocycles. The van der Waals surface area contributed by atoms with Crippen LogP contribution in [0.4, 0.5) is 4.79 Å². The van der Waals surface area contributed by atoms with Gasteiger partial charge in [0.25, 0.3) is 0 Å². The van der Waals surface area contributed by atoms with E-state index in [1.54, 1.807) is 24.3 Å². The van der Waals surface area contributed by atoms with E-state index < -0.39 is 5.97 Å². The van der Waals surface area contributed by atoms with Gasteiger partial charge in [-0.25, -0.2) is 9.59 Å². The number of nitrogens with zero attached hydrogens (tertiary/aromatic N) is 1. The Morgan fingerprint density at radius 1 is 0.923 bits per heavy atom. The number of hydrogen-bond donors (Lipinski definition) is 2. The van der Waals surface area contributed by atoms with E-state index in [4.69, 9.17) is 9.84 Å². The number of likely N-dealkylation sites (tertiary alicyclic amines) is 1. The van der Waals surface area contributed by atoms with Gasteiger partial charge < -0.3 is 20.1 Å². The molecule has 0 radical (unpaired) electrons. The second-order valence-corrected chi connectivity index (χ2v) is 10.2. The van der Waals surface area contributed by atoms with Gasteiger partial charge in [-0.1, -0.05) is 84.9 Å². The maximum atomic E-state index is 13.0. The topological polar surface area (TPSA) is 78.9 Å². The molecular weight excluding hydrogens is 488 g/mol. The van der Waals surface area contributed by atoms with E-state index in [0.717, 1.165) is 12.1 Å². The van der Waals surface area contributed by atoms with E-state index in [9.17, 15) is 9.59 Å². The van der Waals surface area contributed by atoms with Crippen molar-refractivity contribution in [2.24, 2.45) is 5.92 Å². The van der Waals surface area contributed by atoms with Gasteiger partial charge in [0.1, 0.15) is 0 Å². The molecule has 4 aromatic rings. The lowest BCUT2D eigenvalue weighted by atomic mass is 9.88. The van der Waals surface area contributed by atoms with Crippen molar-refractivity contribution < 1.29 is 19.4 Å². The zero-order chi connectivity index (χ0) is 27.2. The summed E-state index contributed by atoms with van der Waals surface area (Å²) >= 11 is 0. The number of rotatable bonds is 9. The van der Waals surface area contributed by atoms with Crippen LogP contribution in [0.3, 0.4) is 0 Å². The summed E-state index contributed by atoms with van der Waals surface area (Å²) in [4.78, 5) is 25.9. The normalized spacial score (nSPS) is 17.7. The number of carbonyl (C=O) groups is 2. The van der Waals surface area contributed by atoms with Crippen LogP contribution in [0.2, 0.25) is 0 Å². The summed E-state index contributed by atoms with van der Waals surface area (Å²) in [6.45, 7) is 4.47. The lowest BCUT2D eigenvalue weighted by molar-refractivity contribution is 0.0696. The van der Waals surface area contributed by atoms with Crippen molar-refractivity contribution in [2.75, 3.05) is 26.2 Å². The number of carbonyl (C=O) groups excluding carboxylic acids is 1. The number of nitrogens with one attached hydrogen (secondary N) is 1. The quantitative estimate of drug-likeness (QED) is 0.270. The molecule has 2 N–H and O–H groups in total. The first kappa shape index (κ1) is 26.4. The predicted octanol–water partition coefficient (Wildman–Crippen LogP) is 6.28. The summed E-state index contributed by atoms with van der Waals surface area (Å²) in [5.74, 6) is -0.485. The summed E-state index contributed by atoms with van der Waals surface area (Å²) in [6, 6.07) is 32.1. The molecule has 0 aromatic heterocycles. The molecule has 200 valence electrons. The zero-order valence-corrected chi connectivity index (χ0v) is 22.1. The fourth-order valence-corrected chi connectivity index (χ4v) is 5.53. The lowest BCUT2D eigenvalue weighted by Crippen LogP contribution is -2.32. The number of aromatic carboxylic acids is 1. The van der Waals surface area contributed by atoms with Crippen molar-refractivity contribution >= 4 is 22.8 Å². The minimum atomic E-state index is -0.953. The third-order valence-electron chi connectivity index (χ3n) is 7.72. The van der Waals surface area contributed by atoms with Crippen LogP contribution >= 0.6 is 0 Å². The summed E-state index contributed by atoms with van der Waals surface area (Å²) < 4.78 is 5.63. The average Bonchev–Trinajstić information content (AvgIpc) is 3.41. The molecule has 3 atom stereocenters. The number of carboxylic acid groups (broad SMARTS) is 1. The summed E-state index contributed by atoms with van der Waals surface area (Å²) in [7, 11) is 0. The monoisotopic (exact) mass is 522 g/mol. The van der Waals surface area contributed by atoms with E-state index in [2.05, 4.69) is 79.0 Å². The molecule has 5 rings (SSSR count). The first-order valence-corrected chi connectivity index (χ1v) is 13.5. The Morgan fingerprint density at radius 3 is 2.41 bits per heavy atom. The van der Waals surface area contributed by atoms with Crippen LogP contribution in [-0.2, 0) is 11.2 Å². The van der Waals surface area contributed by atoms with Gasteiger partial charge in [0.15, 0.2) is 0 Å². The van der Waals surface area contributed by atoms with Gasteiger partial charge in [-0.3, -0.25) is 0 Å². The van der Waals surface area contributed by atoms with Crippen molar-refractivity contribution in [3.63, 3.8) is 0 Å². The van der Waals surface area contributed by atoms with Crippen LogP contribution in [0.25, 0.3) is 10.8 Å². The maximum Gasteiger partial charge on any atom is 0.409 e. The largest absolute Gasteiger partial charge is 0.478 e. The van der Waals surface area contributed by atoms with Gasteiger partial charge >= 0.3 is 12.1 Å². The van der Waals surface area contributed by atoms with Crippen LogP contribution in [0.1, 0.15) is 45.9 Å². The molecule has 1 aliphatic heterocycles. The third-order valence-corrected chi connectivity index (χ3v) is 7.72. The Kier molecular flexibility index (Phi) is 8.23. The van der Waals surface area contributed by atoms with E-state index in [1.807, 2.05) is 11.0 Å². The highest BCUT2D eigenvalue weighted by molar-refractivity contribution is 5.87. The van der Waals surface area contributed by atoms with Crippen LogP contribution < -0.4 is 5.32 Å². The second-order valence-electron chi connectivity index (χ2n) is 10.2. The van der Waals surface area contributed by atoms with Crippen LogP contribution in [0, 0.1) is 5.92 Å². The summed E-state index contributed by atoms with van der Waals surface area (Å²) in [6.07, 6.45) is 0.234. The molecule has 1 fully saturated rings. The Bertz CT molecular complexity index is 1420. The first-order chi connectivity index (χ1) is 19.0. The maximum absolute atomic E-state index is 13.0. The van der Waals surface area contributed by atoms with Crippen LogP contribution in [-0.4, -0.2) is 48.3 Å². The highest BCUT2D eigenvalue weighted by Crippen LogP contribution is 2.33. The molecule has 0 bridgehead atoms. The van der Waals surface area contributed by atoms with Crippen LogP contribution in [0.15, 0.2) is 97.1 Å². The highest BCUT2D eigenvalue weighted by atomic mass is 16.6. The predicted molar refractivity (Wildman–Crippen MR) is 153 cm³/mol. The van der Waals surface area contributed by atoms with Crippen molar-refractivity contribution in [1.82, 2.24) is 10.2 Å². The van der Waals surface area contributed by atoms with Gasteiger partial charge in [0.05, 0.1) is 12.2 Å². The van der Waals surface area contributed by atoms with Crippen molar-refractivity contribution in [1.29, 1.82) is 0 Å². The molecule has 1 aliphatic rings. The minimum Gasteiger partial charge on any atom is -0.478 e. The number of hydrogen-bond acceptors (Lipinski definition) is 4. The second kappa shape index (κ2) is 12.1. The van der Waals surface area contributed by atoms with E-state index in [-0.39, 0.29) is 36.1 Å². The Balaban J connectivity index is 1.21. The standard InChI is InChI=1S/C33H34N2O4/c1-23(29-13-7-11-25-10-5-6-12-30(25)29)34-20-28-21-35(22-31(28)26-8-3-2-4-9-26)33(38)39-19-18-24-14-16-27(17-15-24)32(36)37/h2-17,23,28,31,34H,18-22H2,1H3,(H,36,37)/t23-,28-,31-/m1/s1. The Labute approximate surface area is 229 Å². The molecule has 0 unspecified atom stereocenters. The molecule has 39 heavy (non-hydrogen) atoms. The lowest BCUT2D eigenvalue weighted by Gasteiger charge is -2.23. The van der Waals surface area contributed by atoms with Crippen molar-refractivity contribution in [3.05, 3.63) is 119 Å². The molecule has 6 heteroatoms. The SMILES string of the molecule is C[C@@H](NC[C@@H]1CN(C(=O)OCCc2ccc(C(=O)O)cc2)C[C@@H]1c1ccccc1)c1cccc2ccccc12. The fraction of sp³-hybridized carbons (Fsp3) is 0.273. The van der Waals surface area contributed by atoms with Gasteiger partial charge in [0, 0.05) is 38.0 Å². The molecule has 0 aliphatic carbocycles. The number of amides is 1. The highest BCUT2D eigenvalue weighted by Gasteiger charge is 2.36. The van der Waals surface area contributed by atoms with Gasteiger partial charge in [-0.15, -0.1) is 0 Å². The molecule has 4 aromatic carbocycles. The zero-order valence-electron chi connectivity index (χ0n) is 22.1. The van der Waals surface area contributed by atoms with Gasteiger partial charge in [0.2, 0.25) is 0 Å². The van der Waals surface area contributed by atoms with Crippen LogP contribution in [0.5, 0.6) is 0 Å². The number of fused-ring (bicyclic) bond motifs is 1. The third kappa shape index (κ3) is 6.29. The average molecular weight is 523 g/mol. The van der Waals surface area contributed by atoms with Gasteiger partial charge in [-0.2, -0.15) is 0 Å². The number of carboxylic acids is 1. The molecule has 1 heterocycles. The first-order valence-electron chi connectivity index (χ1n) is 13.5.